The van der Waals surface area contributed by atoms with E-state index in [-0.39, 0.29) is 5.56 Å². The topological polar surface area (TPSA) is 66.0 Å². The Hall–Kier alpha value is -3.10. The molecule has 0 aliphatic heterocycles. The largest absolute Gasteiger partial charge is 0.478 e. The fourth-order valence-electron chi connectivity index (χ4n) is 3.05. The van der Waals surface area contributed by atoms with E-state index in [0.29, 0.717) is 5.57 Å². The van der Waals surface area contributed by atoms with E-state index in [1.807, 2.05) is 54.8 Å². The molecule has 0 saturated carbocycles. The van der Waals surface area contributed by atoms with Crippen LogP contribution in [-0.2, 0) is 0 Å². The molecule has 27 heavy (non-hydrogen) atoms. The van der Waals surface area contributed by atoms with Gasteiger partial charge in [-0.2, -0.15) is 5.26 Å². The van der Waals surface area contributed by atoms with Gasteiger partial charge in [0.15, 0.2) is 0 Å². The van der Waals surface area contributed by atoms with Crippen LogP contribution in [0, 0.1) is 25.2 Å². The van der Waals surface area contributed by atoms with Gasteiger partial charge in [-0.15, -0.1) is 0 Å². The Labute approximate surface area is 166 Å². The zero-order valence-corrected chi connectivity index (χ0v) is 16.5. The Balaban J connectivity index is 2.03. The maximum Gasteiger partial charge on any atom is 0.335 e. The van der Waals surface area contributed by atoms with Crippen LogP contribution in [0.1, 0.15) is 32.9 Å². The highest BCUT2D eigenvalue weighted by Crippen LogP contribution is 2.26. The van der Waals surface area contributed by atoms with E-state index in [9.17, 15) is 10.1 Å². The van der Waals surface area contributed by atoms with Crippen LogP contribution in [-0.4, -0.2) is 15.6 Å². The van der Waals surface area contributed by atoms with Crippen molar-refractivity contribution < 1.29 is 9.90 Å². The predicted molar refractivity (Wildman–Crippen MR) is 110 cm³/mol. The number of aromatic carboxylic acids is 1. The number of carbonyl (C=O) groups is 1. The van der Waals surface area contributed by atoms with Crippen molar-refractivity contribution in [2.24, 2.45) is 0 Å². The average molecular weight is 421 g/mol. The number of benzene rings is 2. The van der Waals surface area contributed by atoms with Crippen molar-refractivity contribution in [2.75, 3.05) is 0 Å². The summed E-state index contributed by atoms with van der Waals surface area (Å²) in [5, 5.41) is 18.6. The summed E-state index contributed by atoms with van der Waals surface area (Å²) in [6, 6.07) is 18.7. The van der Waals surface area contributed by atoms with Crippen molar-refractivity contribution in [1.82, 2.24) is 4.57 Å². The molecule has 0 bridgehead atoms. The monoisotopic (exact) mass is 420 g/mol. The molecule has 0 aliphatic carbocycles. The number of carboxylic acids is 1. The van der Waals surface area contributed by atoms with Gasteiger partial charge >= 0.3 is 5.97 Å². The Kier molecular flexibility index (Phi) is 5.29. The summed E-state index contributed by atoms with van der Waals surface area (Å²) in [6.45, 7) is 3.97. The molecule has 0 radical (unpaired) electrons. The molecular weight excluding hydrogens is 404 g/mol. The number of aromatic nitrogens is 1. The van der Waals surface area contributed by atoms with Crippen LogP contribution in [0.5, 0.6) is 0 Å². The van der Waals surface area contributed by atoms with Gasteiger partial charge in [0.25, 0.3) is 0 Å². The molecule has 0 spiro atoms. The minimum atomic E-state index is -0.945. The van der Waals surface area contributed by atoms with E-state index in [1.54, 1.807) is 24.3 Å². The van der Waals surface area contributed by atoms with Crippen molar-refractivity contribution in [3.05, 3.63) is 87.1 Å². The quantitative estimate of drug-likeness (QED) is 0.556. The van der Waals surface area contributed by atoms with Crippen molar-refractivity contribution >= 4 is 33.5 Å². The highest BCUT2D eigenvalue weighted by Gasteiger charge is 2.12. The number of nitriles is 1. The van der Waals surface area contributed by atoms with Crippen LogP contribution in [0.4, 0.5) is 0 Å². The second kappa shape index (κ2) is 7.65. The fourth-order valence-corrected chi connectivity index (χ4v) is 3.31. The Bertz CT molecular complexity index is 1070. The maximum atomic E-state index is 11.0. The number of carboxylic acid groups (broad SMARTS) is 1. The summed E-state index contributed by atoms with van der Waals surface area (Å²) in [7, 11) is 0. The van der Waals surface area contributed by atoms with E-state index in [4.69, 9.17) is 5.11 Å². The lowest BCUT2D eigenvalue weighted by atomic mass is 10.0. The minimum absolute atomic E-state index is 0.253. The van der Waals surface area contributed by atoms with Gasteiger partial charge in [-0.1, -0.05) is 28.1 Å². The summed E-state index contributed by atoms with van der Waals surface area (Å²) in [4.78, 5) is 11.0. The standard InChI is InChI=1S/C22H17BrN2O2/c1-14-11-18(12-19(13-24)16-3-7-20(23)8-4-16)15(2)25(14)21-9-5-17(6-10-21)22(26)27/h3-12H,1-2H3,(H,26,27)/b19-12+. The molecule has 0 aliphatic rings. The summed E-state index contributed by atoms with van der Waals surface area (Å²) in [6.07, 6.45) is 1.88. The lowest BCUT2D eigenvalue weighted by Crippen LogP contribution is -2.01. The van der Waals surface area contributed by atoms with Crippen LogP contribution < -0.4 is 0 Å². The number of aryl methyl sites for hydroxylation is 1. The third-order valence-corrected chi connectivity index (χ3v) is 4.95. The number of hydrogen-bond donors (Lipinski definition) is 1. The number of halogens is 1. The van der Waals surface area contributed by atoms with Gasteiger partial charge in [0, 0.05) is 21.5 Å². The smallest absolute Gasteiger partial charge is 0.335 e. The first-order valence-electron chi connectivity index (χ1n) is 8.31. The minimum Gasteiger partial charge on any atom is -0.478 e. The molecule has 0 atom stereocenters. The van der Waals surface area contributed by atoms with Crippen LogP contribution in [0.25, 0.3) is 17.3 Å². The molecular formula is C22H17BrN2O2. The second-order valence-electron chi connectivity index (χ2n) is 6.19. The summed E-state index contributed by atoms with van der Waals surface area (Å²) in [5.74, 6) is -0.945. The Morgan fingerprint density at radius 3 is 2.22 bits per heavy atom. The maximum absolute atomic E-state index is 11.0. The van der Waals surface area contributed by atoms with Crippen LogP contribution in [0.3, 0.4) is 0 Å². The number of nitrogens with zero attached hydrogens (tertiary/aromatic N) is 2. The third kappa shape index (κ3) is 3.86. The van der Waals surface area contributed by atoms with Crippen LogP contribution >= 0.6 is 15.9 Å². The first kappa shape index (κ1) is 18.7. The normalized spacial score (nSPS) is 11.3. The molecule has 0 saturated heterocycles. The zero-order chi connectivity index (χ0) is 19.6. The number of rotatable bonds is 4. The van der Waals surface area contributed by atoms with E-state index >= 15 is 0 Å². The number of hydrogen-bond acceptors (Lipinski definition) is 2. The summed E-state index contributed by atoms with van der Waals surface area (Å²) >= 11 is 3.41. The van der Waals surface area contributed by atoms with Gasteiger partial charge in [-0.25, -0.2) is 4.79 Å². The van der Waals surface area contributed by atoms with Crippen molar-refractivity contribution in [1.29, 1.82) is 5.26 Å². The lowest BCUT2D eigenvalue weighted by Gasteiger charge is -2.10. The molecule has 0 fully saturated rings. The molecule has 0 amide bonds. The Morgan fingerprint density at radius 1 is 1.07 bits per heavy atom. The molecule has 3 rings (SSSR count). The first-order valence-corrected chi connectivity index (χ1v) is 9.10. The van der Waals surface area contributed by atoms with E-state index in [2.05, 4.69) is 22.0 Å². The lowest BCUT2D eigenvalue weighted by molar-refractivity contribution is 0.0697. The van der Waals surface area contributed by atoms with E-state index in [0.717, 1.165) is 32.7 Å². The molecule has 134 valence electrons. The predicted octanol–water partition coefficient (Wildman–Crippen LogP) is 5.62. The van der Waals surface area contributed by atoms with Crippen LogP contribution in [0.15, 0.2) is 59.1 Å². The summed E-state index contributed by atoms with van der Waals surface area (Å²) in [5.41, 5.74) is 5.53. The van der Waals surface area contributed by atoms with Crippen molar-refractivity contribution in [3.63, 3.8) is 0 Å². The van der Waals surface area contributed by atoms with E-state index < -0.39 is 5.97 Å². The molecule has 1 aromatic heterocycles. The fraction of sp³-hybridized carbons (Fsp3) is 0.0909. The molecule has 2 aromatic carbocycles. The van der Waals surface area contributed by atoms with Gasteiger partial charge < -0.3 is 9.67 Å². The molecule has 4 nitrogen and oxygen atoms in total. The van der Waals surface area contributed by atoms with Crippen LogP contribution in [0.2, 0.25) is 0 Å². The molecule has 0 unspecified atom stereocenters. The Morgan fingerprint density at radius 2 is 1.67 bits per heavy atom. The number of allylic oxidation sites excluding steroid dienone is 1. The van der Waals surface area contributed by atoms with E-state index in [1.165, 1.54) is 0 Å². The van der Waals surface area contributed by atoms with Gasteiger partial charge in [-0.05, 0) is 73.5 Å². The highest BCUT2D eigenvalue weighted by molar-refractivity contribution is 9.10. The van der Waals surface area contributed by atoms with Gasteiger partial charge in [0.1, 0.15) is 0 Å². The van der Waals surface area contributed by atoms with Gasteiger partial charge in [-0.3, -0.25) is 0 Å². The van der Waals surface area contributed by atoms with Gasteiger partial charge in [0.05, 0.1) is 17.2 Å². The van der Waals surface area contributed by atoms with Gasteiger partial charge in [0.2, 0.25) is 0 Å². The average Bonchev–Trinajstić information content (AvgIpc) is 2.94. The molecule has 1 N–H and O–H groups in total. The third-order valence-electron chi connectivity index (χ3n) is 4.42. The molecule has 5 heteroatoms. The summed E-state index contributed by atoms with van der Waals surface area (Å²) < 4.78 is 3.01. The van der Waals surface area contributed by atoms with Crippen molar-refractivity contribution in [2.45, 2.75) is 13.8 Å². The zero-order valence-electron chi connectivity index (χ0n) is 14.9. The molecule has 1 heterocycles. The first-order chi connectivity index (χ1) is 12.9. The second-order valence-corrected chi connectivity index (χ2v) is 7.11. The molecule has 3 aromatic rings. The van der Waals surface area contributed by atoms with Crippen molar-refractivity contribution in [3.8, 4) is 11.8 Å². The SMILES string of the molecule is Cc1cc(/C=C(\C#N)c2ccc(Br)cc2)c(C)n1-c1ccc(C(=O)O)cc1. The highest BCUT2D eigenvalue weighted by atomic mass is 79.9.